The van der Waals surface area contributed by atoms with E-state index in [1.165, 1.54) is 18.6 Å². The number of nitro benzene ring substituents is 2. The van der Waals surface area contributed by atoms with Crippen LogP contribution in [0.1, 0.15) is 40.0 Å². The number of anilines is 1. The highest BCUT2D eigenvalue weighted by atomic mass is 16.6. The van der Waals surface area contributed by atoms with Gasteiger partial charge in [-0.15, -0.1) is 0 Å². The third-order valence-electron chi connectivity index (χ3n) is 6.09. The first-order valence-electron chi connectivity index (χ1n) is 7.91. The van der Waals surface area contributed by atoms with Crippen LogP contribution in [0.25, 0.3) is 0 Å². The normalized spacial score (nSPS) is 29.0. The molecule has 3 rings (SSSR count). The molecule has 1 aromatic carbocycles. The number of hydrogen-bond acceptors (Lipinski definition) is 6. The zero-order valence-corrected chi connectivity index (χ0v) is 13.9. The van der Waals surface area contributed by atoms with Crippen molar-refractivity contribution < 1.29 is 9.85 Å². The van der Waals surface area contributed by atoms with Crippen LogP contribution in [0, 0.1) is 37.0 Å². The number of rotatable bonds is 4. The first-order chi connectivity index (χ1) is 11.2. The summed E-state index contributed by atoms with van der Waals surface area (Å²) in [5, 5.41) is 26.4. The van der Waals surface area contributed by atoms with E-state index in [0.717, 1.165) is 24.6 Å². The molecule has 2 fully saturated rings. The van der Waals surface area contributed by atoms with Crippen LogP contribution >= 0.6 is 0 Å². The number of non-ortho nitro benzene ring substituents is 1. The van der Waals surface area contributed by atoms with Gasteiger partial charge in [-0.1, -0.05) is 20.8 Å². The number of benzene rings is 1. The van der Waals surface area contributed by atoms with Crippen LogP contribution in [-0.4, -0.2) is 15.6 Å². The van der Waals surface area contributed by atoms with E-state index in [4.69, 9.17) is 0 Å². The average Bonchev–Trinajstić information content (AvgIpc) is 2.85. The first kappa shape index (κ1) is 16.4. The second kappa shape index (κ2) is 5.25. The highest BCUT2D eigenvalue weighted by Crippen LogP contribution is 2.64. The number of nitro groups is 2. The monoisotopic (exact) mass is 332 g/mol. The van der Waals surface area contributed by atoms with Crippen LogP contribution in [0.4, 0.5) is 17.1 Å². The highest BCUT2D eigenvalue weighted by molar-refractivity contribution is 5.92. The lowest BCUT2D eigenvalue weighted by molar-refractivity contribution is -0.393. The minimum atomic E-state index is -0.651. The van der Waals surface area contributed by atoms with E-state index >= 15 is 0 Å². The van der Waals surface area contributed by atoms with E-state index in [0.29, 0.717) is 5.92 Å². The third kappa shape index (κ3) is 2.33. The molecule has 2 saturated carbocycles. The molecule has 2 aliphatic rings. The van der Waals surface area contributed by atoms with E-state index in [2.05, 4.69) is 31.3 Å². The van der Waals surface area contributed by atoms with Gasteiger partial charge in [0.15, 0.2) is 0 Å². The second-order valence-electron chi connectivity index (χ2n) is 7.48. The van der Waals surface area contributed by atoms with E-state index in [1.54, 1.807) is 0 Å². The van der Waals surface area contributed by atoms with Gasteiger partial charge in [0.1, 0.15) is 5.69 Å². The maximum atomic E-state index is 11.2. The zero-order valence-electron chi connectivity index (χ0n) is 13.9. The summed E-state index contributed by atoms with van der Waals surface area (Å²) in [7, 11) is 0. The fraction of sp³-hybridized carbons (Fsp3) is 0.562. The highest BCUT2D eigenvalue weighted by Gasteiger charge is 2.59. The molecule has 2 atom stereocenters. The summed E-state index contributed by atoms with van der Waals surface area (Å²) >= 11 is 0. The Kier molecular flexibility index (Phi) is 3.58. The van der Waals surface area contributed by atoms with Crippen molar-refractivity contribution in [3.8, 4) is 0 Å². The summed E-state index contributed by atoms with van der Waals surface area (Å²) in [5.74, 6) is 0.368. The van der Waals surface area contributed by atoms with Crippen molar-refractivity contribution in [2.45, 2.75) is 40.0 Å². The Balaban J connectivity index is 1.88. The largest absolute Gasteiger partial charge is 0.301 e. The Labute approximate surface area is 139 Å². The summed E-state index contributed by atoms with van der Waals surface area (Å²) < 4.78 is 0. The van der Waals surface area contributed by atoms with Crippen molar-refractivity contribution in [3.63, 3.8) is 0 Å². The van der Waals surface area contributed by atoms with Crippen LogP contribution in [0.5, 0.6) is 0 Å². The van der Waals surface area contributed by atoms with Crippen LogP contribution in [-0.2, 0) is 0 Å². The van der Waals surface area contributed by atoms with Crippen molar-refractivity contribution in [1.82, 2.24) is 0 Å². The molecule has 0 radical (unpaired) electrons. The molecule has 24 heavy (non-hydrogen) atoms. The Morgan fingerprint density at radius 2 is 1.92 bits per heavy atom. The number of fused-ring (bicyclic) bond motifs is 2. The Morgan fingerprint density at radius 1 is 1.21 bits per heavy atom. The van der Waals surface area contributed by atoms with Gasteiger partial charge in [-0.05, 0) is 36.2 Å². The molecular weight excluding hydrogens is 312 g/mol. The molecule has 0 spiro atoms. The summed E-state index contributed by atoms with van der Waals surface area (Å²) in [6, 6.07) is 3.52. The predicted octanol–water partition coefficient (Wildman–Crippen LogP) is 4.12. The van der Waals surface area contributed by atoms with Crippen LogP contribution in [0.2, 0.25) is 0 Å². The van der Waals surface area contributed by atoms with Crippen molar-refractivity contribution in [3.05, 3.63) is 38.4 Å². The Morgan fingerprint density at radius 3 is 2.42 bits per heavy atom. The molecule has 2 unspecified atom stereocenters. The molecule has 0 saturated heterocycles. The Bertz CT molecular complexity index is 756. The van der Waals surface area contributed by atoms with Gasteiger partial charge in [0.05, 0.1) is 15.9 Å². The minimum Gasteiger partial charge on any atom is -0.272 e. The van der Waals surface area contributed by atoms with Gasteiger partial charge in [-0.25, -0.2) is 0 Å². The quantitative estimate of drug-likeness (QED) is 0.658. The maximum absolute atomic E-state index is 11.2. The van der Waals surface area contributed by atoms with Crippen molar-refractivity contribution >= 4 is 22.8 Å². The fourth-order valence-electron chi connectivity index (χ4n) is 4.12. The van der Waals surface area contributed by atoms with Gasteiger partial charge in [0, 0.05) is 17.7 Å². The lowest BCUT2D eigenvalue weighted by Gasteiger charge is -2.33. The number of nitrogens with zero attached hydrogens (tertiary/aromatic N) is 3. The fourth-order valence-corrected chi connectivity index (χ4v) is 4.12. The predicted molar refractivity (Wildman–Crippen MR) is 90.0 cm³/mol. The van der Waals surface area contributed by atoms with E-state index < -0.39 is 9.85 Å². The molecule has 1 N–H and O–H groups in total. The van der Waals surface area contributed by atoms with Gasteiger partial charge in [-0.2, -0.15) is 5.10 Å². The van der Waals surface area contributed by atoms with Crippen LogP contribution in [0.3, 0.4) is 0 Å². The van der Waals surface area contributed by atoms with Crippen molar-refractivity contribution in [2.24, 2.45) is 21.8 Å². The zero-order chi connectivity index (χ0) is 17.7. The number of hydrazone groups is 1. The van der Waals surface area contributed by atoms with Gasteiger partial charge in [-0.3, -0.25) is 25.7 Å². The summed E-state index contributed by atoms with van der Waals surface area (Å²) in [6.07, 6.45) is 3.12. The van der Waals surface area contributed by atoms with E-state index in [9.17, 15) is 20.2 Å². The van der Waals surface area contributed by atoms with Gasteiger partial charge >= 0.3 is 5.69 Å². The molecule has 8 heteroatoms. The summed E-state index contributed by atoms with van der Waals surface area (Å²) in [4.78, 5) is 20.7. The van der Waals surface area contributed by atoms with Gasteiger partial charge in [0.25, 0.3) is 5.69 Å². The molecule has 0 aliphatic heterocycles. The molecule has 0 aromatic heterocycles. The second-order valence-corrected chi connectivity index (χ2v) is 7.48. The third-order valence-corrected chi connectivity index (χ3v) is 6.09. The molecule has 0 amide bonds. The molecule has 128 valence electrons. The molecular formula is C16H20N4O4. The van der Waals surface area contributed by atoms with Crippen molar-refractivity contribution in [1.29, 1.82) is 0 Å². The number of hydrogen-bond donors (Lipinski definition) is 1. The molecule has 8 nitrogen and oxygen atoms in total. The van der Waals surface area contributed by atoms with Crippen LogP contribution < -0.4 is 5.43 Å². The lowest BCUT2D eigenvalue weighted by atomic mass is 9.71. The van der Waals surface area contributed by atoms with E-state index in [-0.39, 0.29) is 27.9 Å². The lowest BCUT2D eigenvalue weighted by Crippen LogP contribution is -2.26. The smallest absolute Gasteiger partial charge is 0.272 e. The van der Waals surface area contributed by atoms with Crippen LogP contribution in [0.15, 0.2) is 23.3 Å². The minimum absolute atomic E-state index is 0.162. The average molecular weight is 332 g/mol. The first-order valence-corrected chi connectivity index (χ1v) is 7.91. The topological polar surface area (TPSA) is 111 Å². The van der Waals surface area contributed by atoms with Gasteiger partial charge in [0.2, 0.25) is 0 Å². The number of nitrogens with one attached hydrogen (secondary N) is 1. The Hall–Kier alpha value is -2.51. The molecule has 0 heterocycles. The SMILES string of the molecule is CC12CCC(/C(=N/Nc3ccc([N+](=O)[O-])cc3[N+](=O)[O-])C1)C2(C)C. The molecule has 2 bridgehead atoms. The summed E-state index contributed by atoms with van der Waals surface area (Å²) in [5.41, 5.74) is 3.68. The van der Waals surface area contributed by atoms with E-state index in [1.807, 2.05) is 0 Å². The molecule has 2 aliphatic carbocycles. The van der Waals surface area contributed by atoms with Gasteiger partial charge < -0.3 is 0 Å². The maximum Gasteiger partial charge on any atom is 0.301 e. The van der Waals surface area contributed by atoms with Crippen molar-refractivity contribution in [2.75, 3.05) is 5.43 Å². The summed E-state index contributed by atoms with van der Waals surface area (Å²) in [6.45, 7) is 6.77. The molecule has 1 aromatic rings. The standard InChI is InChI=1S/C16H20N4O4/c1-15(2)11-6-7-16(15,3)9-13(11)18-17-12-5-4-10(19(21)22)8-14(12)20(23)24/h4-5,8,11,17H,6-7,9H2,1-3H3/b18-13+.